The van der Waals surface area contributed by atoms with Gasteiger partial charge < -0.3 is 10.1 Å². The predicted molar refractivity (Wildman–Crippen MR) is 81.5 cm³/mol. The van der Waals surface area contributed by atoms with Crippen molar-refractivity contribution in [2.45, 2.75) is 44.1 Å². The lowest BCUT2D eigenvalue weighted by molar-refractivity contribution is 0.0276. The summed E-state index contributed by atoms with van der Waals surface area (Å²) in [7, 11) is 0. The van der Waals surface area contributed by atoms with Gasteiger partial charge >= 0.3 is 0 Å². The van der Waals surface area contributed by atoms with Gasteiger partial charge in [-0.15, -0.1) is 0 Å². The van der Waals surface area contributed by atoms with Crippen molar-refractivity contribution in [1.82, 2.24) is 5.32 Å². The predicted octanol–water partition coefficient (Wildman–Crippen LogP) is 4.16. The molecule has 0 radical (unpaired) electrons. The topological polar surface area (TPSA) is 21.3 Å². The molecule has 0 spiro atoms. The highest BCUT2D eigenvalue weighted by molar-refractivity contribution is 9.10. The molecule has 2 nitrogen and oxygen atoms in total. The number of halogens is 1. The van der Waals surface area contributed by atoms with E-state index < -0.39 is 0 Å². The van der Waals surface area contributed by atoms with Crippen molar-refractivity contribution in [2.24, 2.45) is 0 Å². The summed E-state index contributed by atoms with van der Waals surface area (Å²) in [5.41, 5.74) is 2.78. The van der Waals surface area contributed by atoms with E-state index in [4.69, 9.17) is 4.74 Å². The third-order valence-corrected chi connectivity index (χ3v) is 5.06. The van der Waals surface area contributed by atoms with Crippen LogP contribution in [-0.2, 0) is 4.74 Å². The second-order valence-electron chi connectivity index (χ2n) is 5.68. The van der Waals surface area contributed by atoms with Gasteiger partial charge in [-0.05, 0) is 36.0 Å². The van der Waals surface area contributed by atoms with E-state index in [1.54, 1.807) is 0 Å². The quantitative estimate of drug-likeness (QED) is 0.882. The maximum atomic E-state index is 5.82. The summed E-state index contributed by atoms with van der Waals surface area (Å²) in [5.74, 6) is 0.752. The van der Waals surface area contributed by atoms with Gasteiger partial charge in [-0.25, -0.2) is 0 Å². The van der Waals surface area contributed by atoms with E-state index in [0.717, 1.165) is 25.6 Å². The first kappa shape index (κ1) is 13.6. The van der Waals surface area contributed by atoms with Crippen LogP contribution >= 0.6 is 15.9 Å². The van der Waals surface area contributed by atoms with Crippen molar-refractivity contribution >= 4 is 15.9 Å². The fraction of sp³-hybridized carbons (Fsp3) is 0.625. The van der Waals surface area contributed by atoms with Crippen molar-refractivity contribution in [2.75, 3.05) is 19.7 Å². The lowest BCUT2D eigenvalue weighted by Gasteiger charge is -2.26. The number of hydrogen-bond acceptors (Lipinski definition) is 2. The molecular weight excluding hydrogens is 302 g/mol. The van der Waals surface area contributed by atoms with Crippen molar-refractivity contribution in [1.29, 1.82) is 0 Å². The molecule has 19 heavy (non-hydrogen) atoms. The SMILES string of the molecule is Brc1cc(C2CNCCO2)ccc1C1CCCCC1. The Labute approximate surface area is 124 Å². The summed E-state index contributed by atoms with van der Waals surface area (Å²) in [6, 6.07) is 6.83. The van der Waals surface area contributed by atoms with E-state index in [1.807, 2.05) is 0 Å². The van der Waals surface area contributed by atoms with Crippen molar-refractivity contribution in [3.8, 4) is 0 Å². The van der Waals surface area contributed by atoms with Crippen molar-refractivity contribution in [3.05, 3.63) is 33.8 Å². The van der Waals surface area contributed by atoms with Crippen LogP contribution in [0, 0.1) is 0 Å². The maximum absolute atomic E-state index is 5.82. The van der Waals surface area contributed by atoms with E-state index in [9.17, 15) is 0 Å². The minimum atomic E-state index is 0.213. The summed E-state index contributed by atoms with van der Waals surface area (Å²) in [6.45, 7) is 2.71. The van der Waals surface area contributed by atoms with Crippen LogP contribution < -0.4 is 5.32 Å². The Kier molecular flexibility index (Phi) is 4.57. The van der Waals surface area contributed by atoms with Crippen LogP contribution in [0.4, 0.5) is 0 Å². The number of rotatable bonds is 2. The van der Waals surface area contributed by atoms with Gasteiger partial charge in [0, 0.05) is 17.6 Å². The Balaban J connectivity index is 1.76. The third kappa shape index (κ3) is 3.21. The highest BCUT2D eigenvalue weighted by atomic mass is 79.9. The minimum absolute atomic E-state index is 0.213. The second kappa shape index (κ2) is 6.38. The van der Waals surface area contributed by atoms with Crippen LogP contribution in [0.1, 0.15) is 55.3 Å². The lowest BCUT2D eigenvalue weighted by Crippen LogP contribution is -2.33. The number of hydrogen-bond donors (Lipinski definition) is 1. The van der Waals surface area contributed by atoms with Gasteiger partial charge in [0.15, 0.2) is 0 Å². The molecule has 1 saturated carbocycles. The largest absolute Gasteiger partial charge is 0.371 e. The van der Waals surface area contributed by atoms with Gasteiger partial charge in [0.1, 0.15) is 0 Å². The molecule has 0 bridgehead atoms. The summed E-state index contributed by atoms with van der Waals surface area (Å²) in [5, 5.41) is 3.39. The van der Waals surface area contributed by atoms with Crippen molar-refractivity contribution in [3.63, 3.8) is 0 Å². The van der Waals surface area contributed by atoms with Gasteiger partial charge in [0.05, 0.1) is 12.7 Å². The summed E-state index contributed by atoms with van der Waals surface area (Å²) in [6.07, 6.45) is 7.08. The van der Waals surface area contributed by atoms with E-state index in [0.29, 0.717) is 0 Å². The molecule has 0 amide bonds. The molecule has 3 heteroatoms. The number of nitrogens with one attached hydrogen (secondary N) is 1. The standard InChI is InChI=1S/C16H22BrNO/c17-15-10-13(16-11-18-8-9-19-16)6-7-14(15)12-4-2-1-3-5-12/h6-7,10,12,16,18H,1-5,8-9,11H2. The molecule has 104 valence electrons. The van der Waals surface area contributed by atoms with Gasteiger partial charge in [0.25, 0.3) is 0 Å². The Morgan fingerprint density at radius 3 is 2.68 bits per heavy atom. The summed E-state index contributed by atoms with van der Waals surface area (Å²) >= 11 is 3.77. The molecule has 1 heterocycles. The Hall–Kier alpha value is -0.380. The van der Waals surface area contributed by atoms with Crippen LogP contribution in [-0.4, -0.2) is 19.7 Å². The van der Waals surface area contributed by atoms with E-state index in [2.05, 4.69) is 39.4 Å². The molecule has 1 aliphatic carbocycles. The molecule has 1 unspecified atom stereocenters. The van der Waals surface area contributed by atoms with Crippen LogP contribution in [0.5, 0.6) is 0 Å². The highest BCUT2D eigenvalue weighted by Gasteiger charge is 2.20. The molecule has 1 aromatic carbocycles. The van der Waals surface area contributed by atoms with Crippen LogP contribution in [0.3, 0.4) is 0 Å². The highest BCUT2D eigenvalue weighted by Crippen LogP contribution is 2.37. The number of benzene rings is 1. The van der Waals surface area contributed by atoms with E-state index in [-0.39, 0.29) is 6.10 Å². The first-order valence-electron chi connectivity index (χ1n) is 7.46. The average molecular weight is 324 g/mol. The Morgan fingerprint density at radius 1 is 1.16 bits per heavy atom. The zero-order valence-corrected chi connectivity index (χ0v) is 12.9. The summed E-state index contributed by atoms with van der Waals surface area (Å²) < 4.78 is 7.09. The van der Waals surface area contributed by atoms with Gasteiger partial charge in [-0.3, -0.25) is 0 Å². The zero-order chi connectivity index (χ0) is 13.1. The number of ether oxygens (including phenoxy) is 1. The van der Waals surface area contributed by atoms with E-state index >= 15 is 0 Å². The lowest BCUT2D eigenvalue weighted by atomic mass is 9.84. The van der Waals surface area contributed by atoms with Gasteiger partial charge in [-0.1, -0.05) is 47.3 Å². The molecule has 1 N–H and O–H groups in total. The molecule has 1 atom stereocenters. The molecular formula is C16H22BrNO. The first-order valence-corrected chi connectivity index (χ1v) is 8.25. The summed E-state index contributed by atoms with van der Waals surface area (Å²) in [4.78, 5) is 0. The molecule has 2 aliphatic rings. The molecule has 1 saturated heterocycles. The Bertz CT molecular complexity index is 423. The molecule has 1 aliphatic heterocycles. The van der Waals surface area contributed by atoms with Crippen LogP contribution in [0.15, 0.2) is 22.7 Å². The van der Waals surface area contributed by atoms with Gasteiger partial charge in [-0.2, -0.15) is 0 Å². The average Bonchev–Trinajstić information content (AvgIpc) is 2.49. The molecule has 1 aromatic rings. The third-order valence-electron chi connectivity index (χ3n) is 4.37. The fourth-order valence-electron chi connectivity index (χ4n) is 3.27. The monoisotopic (exact) mass is 323 g/mol. The maximum Gasteiger partial charge on any atom is 0.0950 e. The van der Waals surface area contributed by atoms with Crippen molar-refractivity contribution < 1.29 is 4.74 Å². The van der Waals surface area contributed by atoms with Crippen LogP contribution in [0.25, 0.3) is 0 Å². The molecule has 3 rings (SSSR count). The molecule has 2 fully saturated rings. The van der Waals surface area contributed by atoms with Gasteiger partial charge in [0.2, 0.25) is 0 Å². The smallest absolute Gasteiger partial charge is 0.0950 e. The molecule has 0 aromatic heterocycles. The normalized spacial score (nSPS) is 25.4. The zero-order valence-electron chi connectivity index (χ0n) is 11.3. The fourth-order valence-corrected chi connectivity index (χ4v) is 3.99. The van der Waals surface area contributed by atoms with Crippen LogP contribution in [0.2, 0.25) is 0 Å². The minimum Gasteiger partial charge on any atom is -0.371 e. The first-order chi connectivity index (χ1) is 9.34. The second-order valence-corrected chi connectivity index (χ2v) is 6.53. The number of morpholine rings is 1. The Morgan fingerprint density at radius 2 is 2.00 bits per heavy atom. The van der Waals surface area contributed by atoms with E-state index in [1.165, 1.54) is 47.7 Å².